The molecule has 5 nitrogen and oxygen atoms in total. The smallest absolute Gasteiger partial charge is 0.204 e. The average Bonchev–Trinajstić information content (AvgIpc) is 2.74. The maximum atomic E-state index is 5.12. The average molecular weight is 256 g/mol. The van der Waals surface area contributed by atoms with Gasteiger partial charge in [0.2, 0.25) is 5.13 Å². The van der Waals surface area contributed by atoms with Crippen molar-refractivity contribution in [2.24, 2.45) is 0 Å². The summed E-state index contributed by atoms with van der Waals surface area (Å²) in [5.41, 5.74) is 1.97. The highest BCUT2D eigenvalue weighted by molar-refractivity contribution is 7.73. The molecule has 1 unspecified atom stereocenters. The number of rotatable bonds is 3. The molecule has 7 heteroatoms. The number of anilines is 1. The quantitative estimate of drug-likeness (QED) is 0.826. The van der Waals surface area contributed by atoms with Crippen LogP contribution in [0, 0.1) is 17.8 Å². The number of nitrogens with one attached hydrogen (secondary N) is 2. The third kappa shape index (κ3) is 2.14. The van der Waals surface area contributed by atoms with Crippen molar-refractivity contribution in [3.8, 4) is 0 Å². The minimum Gasteiger partial charge on any atom is -0.361 e. The lowest BCUT2D eigenvalue weighted by molar-refractivity contribution is 0.392. The third-order valence-electron chi connectivity index (χ3n) is 2.30. The van der Waals surface area contributed by atoms with E-state index >= 15 is 0 Å². The summed E-state index contributed by atoms with van der Waals surface area (Å²) in [6.07, 6.45) is 0. The lowest BCUT2D eigenvalue weighted by Gasteiger charge is -2.11. The van der Waals surface area contributed by atoms with Gasteiger partial charge in [-0.25, -0.2) is 0 Å². The van der Waals surface area contributed by atoms with E-state index in [9.17, 15) is 0 Å². The lowest BCUT2D eigenvalue weighted by atomic mass is 10.1. The zero-order chi connectivity index (χ0) is 11.7. The molecule has 0 saturated carbocycles. The molecule has 1 atom stereocenters. The van der Waals surface area contributed by atoms with E-state index in [2.05, 4.69) is 20.7 Å². The molecule has 0 amide bonds. The first-order chi connectivity index (χ1) is 7.58. The van der Waals surface area contributed by atoms with Crippen molar-refractivity contribution in [3.05, 3.63) is 21.0 Å². The van der Waals surface area contributed by atoms with E-state index in [1.165, 1.54) is 11.3 Å². The summed E-state index contributed by atoms with van der Waals surface area (Å²) in [7, 11) is 0. The van der Waals surface area contributed by atoms with Crippen LogP contribution in [0.2, 0.25) is 0 Å². The molecule has 0 aliphatic carbocycles. The zero-order valence-corrected chi connectivity index (χ0v) is 10.8. The lowest BCUT2D eigenvalue weighted by Crippen LogP contribution is -2.08. The summed E-state index contributed by atoms with van der Waals surface area (Å²) < 4.78 is 5.78. The van der Waals surface area contributed by atoms with Crippen molar-refractivity contribution >= 4 is 28.7 Å². The standard InChI is InChI=1S/C9H12N4OS2/c1-4(7-5(2)13-14-6(7)3)10-8-11-12-9(15)16-8/h4H,1-3H3,(H,10,11)(H,12,15). The third-order valence-corrected chi connectivity index (χ3v) is 3.32. The molecule has 16 heavy (non-hydrogen) atoms. The van der Waals surface area contributed by atoms with Gasteiger partial charge in [-0.3, -0.25) is 5.10 Å². The second-order valence-electron chi connectivity index (χ2n) is 3.52. The number of aromatic nitrogens is 3. The van der Waals surface area contributed by atoms with Crippen molar-refractivity contribution in [2.75, 3.05) is 5.32 Å². The van der Waals surface area contributed by atoms with Gasteiger partial charge in [-0.1, -0.05) is 16.5 Å². The molecule has 0 aliphatic heterocycles. The highest BCUT2D eigenvalue weighted by Gasteiger charge is 2.16. The highest BCUT2D eigenvalue weighted by Crippen LogP contribution is 2.25. The van der Waals surface area contributed by atoms with Crippen LogP contribution in [0.5, 0.6) is 0 Å². The molecule has 0 radical (unpaired) electrons. The number of aromatic amines is 1. The Morgan fingerprint density at radius 1 is 1.50 bits per heavy atom. The molecule has 2 N–H and O–H groups in total. The molecule has 0 aliphatic rings. The summed E-state index contributed by atoms with van der Waals surface area (Å²) in [4.78, 5) is 0. The minimum absolute atomic E-state index is 0.0974. The molecule has 2 heterocycles. The molecule has 2 aromatic heterocycles. The van der Waals surface area contributed by atoms with Crippen LogP contribution in [0.3, 0.4) is 0 Å². The van der Waals surface area contributed by atoms with Crippen LogP contribution in [0.4, 0.5) is 5.13 Å². The first-order valence-electron chi connectivity index (χ1n) is 4.82. The van der Waals surface area contributed by atoms with Crippen molar-refractivity contribution in [3.63, 3.8) is 0 Å². The summed E-state index contributed by atoms with van der Waals surface area (Å²) in [6.45, 7) is 5.87. The maximum absolute atomic E-state index is 5.12. The second kappa shape index (κ2) is 4.34. The van der Waals surface area contributed by atoms with Gasteiger partial charge < -0.3 is 9.84 Å². The SMILES string of the molecule is Cc1noc(C)c1C(C)Nc1n[nH]c(=S)s1. The second-order valence-corrected chi connectivity index (χ2v) is 5.19. The molecular weight excluding hydrogens is 244 g/mol. The van der Waals surface area contributed by atoms with Gasteiger partial charge in [0, 0.05) is 5.56 Å². The van der Waals surface area contributed by atoms with E-state index in [1.54, 1.807) is 0 Å². The number of hydrogen-bond donors (Lipinski definition) is 2. The van der Waals surface area contributed by atoms with Crippen LogP contribution in [-0.4, -0.2) is 15.4 Å². The fourth-order valence-electron chi connectivity index (χ4n) is 1.66. The molecule has 0 saturated heterocycles. The Balaban J connectivity index is 2.20. The zero-order valence-electron chi connectivity index (χ0n) is 9.20. The van der Waals surface area contributed by atoms with Crippen LogP contribution in [0.25, 0.3) is 0 Å². The highest BCUT2D eigenvalue weighted by atomic mass is 32.1. The molecule has 0 fully saturated rings. The van der Waals surface area contributed by atoms with Gasteiger partial charge in [-0.2, -0.15) is 0 Å². The number of nitrogens with zero attached hydrogens (tertiary/aromatic N) is 2. The molecule has 0 spiro atoms. The fraction of sp³-hybridized carbons (Fsp3) is 0.444. The predicted octanol–water partition coefficient (Wildman–Crippen LogP) is 2.98. The number of H-pyrrole nitrogens is 1. The molecular formula is C9H12N4OS2. The Morgan fingerprint density at radius 2 is 2.25 bits per heavy atom. The van der Waals surface area contributed by atoms with Crippen LogP contribution in [0.15, 0.2) is 4.52 Å². The minimum atomic E-state index is 0.0974. The van der Waals surface area contributed by atoms with E-state index in [4.69, 9.17) is 16.7 Å². The summed E-state index contributed by atoms with van der Waals surface area (Å²) >= 11 is 6.38. The van der Waals surface area contributed by atoms with Crippen LogP contribution in [0.1, 0.15) is 30.0 Å². The normalized spacial score (nSPS) is 12.7. The molecule has 0 aromatic carbocycles. The van der Waals surface area contributed by atoms with Gasteiger partial charge in [-0.05, 0) is 33.0 Å². The van der Waals surface area contributed by atoms with Gasteiger partial charge in [0.1, 0.15) is 5.76 Å². The van der Waals surface area contributed by atoms with E-state index in [1.807, 2.05) is 20.8 Å². The van der Waals surface area contributed by atoms with E-state index < -0.39 is 0 Å². The van der Waals surface area contributed by atoms with Crippen molar-refractivity contribution in [1.29, 1.82) is 0 Å². The molecule has 86 valence electrons. The summed E-state index contributed by atoms with van der Waals surface area (Å²) in [5, 5.41) is 14.7. The fourth-order valence-corrected chi connectivity index (χ4v) is 2.53. The van der Waals surface area contributed by atoms with Crippen LogP contribution >= 0.6 is 23.6 Å². The topological polar surface area (TPSA) is 66.7 Å². The summed E-state index contributed by atoms with van der Waals surface area (Å²) in [5.74, 6) is 0.830. The van der Waals surface area contributed by atoms with E-state index in [0.717, 1.165) is 22.1 Å². The number of aryl methyl sites for hydroxylation is 2. The summed E-state index contributed by atoms with van der Waals surface area (Å²) in [6, 6.07) is 0.0974. The van der Waals surface area contributed by atoms with Gasteiger partial charge >= 0.3 is 0 Å². The largest absolute Gasteiger partial charge is 0.361 e. The Labute approximate surface area is 102 Å². The van der Waals surface area contributed by atoms with Crippen molar-refractivity contribution in [1.82, 2.24) is 15.4 Å². The number of hydrogen-bond acceptors (Lipinski definition) is 6. The van der Waals surface area contributed by atoms with Gasteiger partial charge in [-0.15, -0.1) is 5.10 Å². The van der Waals surface area contributed by atoms with E-state index in [-0.39, 0.29) is 6.04 Å². The first-order valence-corrected chi connectivity index (χ1v) is 6.05. The first kappa shape index (κ1) is 11.3. The Morgan fingerprint density at radius 3 is 2.75 bits per heavy atom. The molecule has 2 aromatic rings. The van der Waals surface area contributed by atoms with Crippen LogP contribution < -0.4 is 5.32 Å². The Kier molecular flexibility index (Phi) is 3.06. The predicted molar refractivity (Wildman–Crippen MR) is 65.3 cm³/mol. The van der Waals surface area contributed by atoms with Crippen molar-refractivity contribution < 1.29 is 4.52 Å². The maximum Gasteiger partial charge on any atom is 0.204 e. The van der Waals surface area contributed by atoms with Gasteiger partial charge in [0.25, 0.3) is 0 Å². The van der Waals surface area contributed by atoms with Gasteiger partial charge in [0.15, 0.2) is 3.95 Å². The Bertz CT molecular complexity index is 522. The molecule has 0 bridgehead atoms. The molecule has 2 rings (SSSR count). The van der Waals surface area contributed by atoms with E-state index in [0.29, 0.717) is 3.95 Å². The van der Waals surface area contributed by atoms with Crippen LogP contribution in [-0.2, 0) is 0 Å². The van der Waals surface area contributed by atoms with Gasteiger partial charge in [0.05, 0.1) is 11.7 Å². The Hall–Kier alpha value is -1.21. The monoisotopic (exact) mass is 256 g/mol. The van der Waals surface area contributed by atoms with Crippen molar-refractivity contribution in [2.45, 2.75) is 26.8 Å².